The van der Waals surface area contributed by atoms with Crippen molar-refractivity contribution in [2.75, 3.05) is 5.73 Å². The molecule has 0 radical (unpaired) electrons. The van der Waals surface area contributed by atoms with Crippen molar-refractivity contribution in [1.82, 2.24) is 10.2 Å². The first-order chi connectivity index (χ1) is 7.18. The van der Waals surface area contributed by atoms with Crippen molar-refractivity contribution in [2.45, 2.75) is 19.8 Å². The highest BCUT2D eigenvalue weighted by atomic mass is 15.1. The topological polar surface area (TPSA) is 54.7 Å². The van der Waals surface area contributed by atoms with Crippen LogP contribution in [0.4, 0.5) is 5.69 Å². The average Bonchev–Trinajstić information content (AvgIpc) is 2.67. The number of aromatic amines is 1. The number of nitrogen functional groups attached to an aromatic ring is 1. The summed E-state index contributed by atoms with van der Waals surface area (Å²) in [6.45, 7) is 4.32. The van der Waals surface area contributed by atoms with Gasteiger partial charge in [0, 0.05) is 11.3 Å². The maximum Gasteiger partial charge on any atom is 0.0684 e. The molecule has 0 aliphatic heterocycles. The van der Waals surface area contributed by atoms with E-state index in [0.717, 1.165) is 16.9 Å². The first kappa shape index (κ1) is 9.77. The second-order valence-corrected chi connectivity index (χ2v) is 3.98. The van der Waals surface area contributed by atoms with E-state index in [9.17, 15) is 0 Å². The summed E-state index contributed by atoms with van der Waals surface area (Å²) >= 11 is 0. The van der Waals surface area contributed by atoms with E-state index in [-0.39, 0.29) is 0 Å². The average molecular weight is 201 g/mol. The molecule has 78 valence electrons. The molecule has 0 aliphatic rings. The number of H-pyrrole nitrogens is 1. The van der Waals surface area contributed by atoms with Gasteiger partial charge in [-0.2, -0.15) is 5.10 Å². The van der Waals surface area contributed by atoms with E-state index in [1.54, 1.807) is 0 Å². The van der Waals surface area contributed by atoms with Gasteiger partial charge in [-0.3, -0.25) is 5.10 Å². The fraction of sp³-hybridized carbons (Fsp3) is 0.250. The van der Waals surface area contributed by atoms with Crippen molar-refractivity contribution < 1.29 is 0 Å². The number of nitrogens with zero attached hydrogens (tertiary/aromatic N) is 1. The van der Waals surface area contributed by atoms with Crippen molar-refractivity contribution in [2.24, 2.45) is 0 Å². The summed E-state index contributed by atoms with van der Waals surface area (Å²) < 4.78 is 0. The molecule has 15 heavy (non-hydrogen) atoms. The number of nitrogens with one attached hydrogen (secondary N) is 1. The Hall–Kier alpha value is -1.77. The van der Waals surface area contributed by atoms with E-state index in [1.165, 1.54) is 5.56 Å². The van der Waals surface area contributed by atoms with Gasteiger partial charge in [-0.05, 0) is 23.6 Å². The molecule has 0 saturated heterocycles. The first-order valence-electron chi connectivity index (χ1n) is 5.07. The minimum Gasteiger partial charge on any atom is -0.399 e. The summed E-state index contributed by atoms with van der Waals surface area (Å²) in [6.07, 6.45) is 1.89. The van der Waals surface area contributed by atoms with Crippen molar-refractivity contribution in [1.29, 1.82) is 0 Å². The van der Waals surface area contributed by atoms with Crippen molar-refractivity contribution in [3.8, 4) is 11.3 Å². The van der Waals surface area contributed by atoms with Crippen LogP contribution in [0.5, 0.6) is 0 Å². The van der Waals surface area contributed by atoms with Crippen molar-refractivity contribution in [3.63, 3.8) is 0 Å². The lowest BCUT2D eigenvalue weighted by molar-refractivity contribution is 0.870. The Labute approximate surface area is 89.3 Å². The molecule has 0 aliphatic carbocycles. The lowest BCUT2D eigenvalue weighted by Crippen LogP contribution is -1.90. The molecule has 2 aromatic rings. The standard InChI is InChI=1S/C12H15N3/c1-8(2)11-7-14-15-12(11)9-3-5-10(13)6-4-9/h3-8H,13H2,1-2H3,(H,14,15). The molecule has 0 unspecified atom stereocenters. The van der Waals surface area contributed by atoms with Gasteiger partial charge in [-0.1, -0.05) is 26.0 Å². The zero-order valence-electron chi connectivity index (χ0n) is 8.99. The lowest BCUT2D eigenvalue weighted by atomic mass is 10.00. The SMILES string of the molecule is CC(C)c1cn[nH]c1-c1ccc(N)cc1. The van der Waals surface area contributed by atoms with Crippen molar-refractivity contribution >= 4 is 5.69 Å². The van der Waals surface area contributed by atoms with E-state index >= 15 is 0 Å². The third kappa shape index (κ3) is 1.86. The van der Waals surface area contributed by atoms with Crippen LogP contribution in [0.1, 0.15) is 25.3 Å². The molecular formula is C12H15N3. The smallest absolute Gasteiger partial charge is 0.0684 e. The monoisotopic (exact) mass is 201 g/mol. The van der Waals surface area contributed by atoms with Gasteiger partial charge in [0.05, 0.1) is 11.9 Å². The fourth-order valence-corrected chi connectivity index (χ4v) is 1.61. The maximum atomic E-state index is 5.65. The number of aromatic nitrogens is 2. The Morgan fingerprint density at radius 2 is 1.87 bits per heavy atom. The zero-order valence-corrected chi connectivity index (χ0v) is 8.99. The number of benzene rings is 1. The van der Waals surface area contributed by atoms with E-state index in [0.29, 0.717) is 5.92 Å². The molecule has 3 heteroatoms. The molecule has 3 nitrogen and oxygen atoms in total. The fourth-order valence-electron chi connectivity index (χ4n) is 1.61. The summed E-state index contributed by atoms with van der Waals surface area (Å²) in [7, 11) is 0. The lowest BCUT2D eigenvalue weighted by Gasteiger charge is -2.06. The van der Waals surface area contributed by atoms with E-state index in [2.05, 4.69) is 24.0 Å². The molecule has 3 N–H and O–H groups in total. The van der Waals surface area contributed by atoms with Crippen LogP contribution < -0.4 is 5.73 Å². The molecular weight excluding hydrogens is 186 g/mol. The van der Waals surface area contributed by atoms with Gasteiger partial charge in [-0.15, -0.1) is 0 Å². The molecule has 0 bridgehead atoms. The Balaban J connectivity index is 2.45. The third-order valence-electron chi connectivity index (χ3n) is 2.49. The Morgan fingerprint density at radius 1 is 1.20 bits per heavy atom. The molecule has 2 rings (SSSR count). The minimum absolute atomic E-state index is 0.469. The van der Waals surface area contributed by atoms with Crippen LogP contribution in [0.15, 0.2) is 30.5 Å². The van der Waals surface area contributed by atoms with Gasteiger partial charge in [0.1, 0.15) is 0 Å². The molecule has 0 spiro atoms. The molecule has 1 aromatic carbocycles. The largest absolute Gasteiger partial charge is 0.399 e. The van der Waals surface area contributed by atoms with Crippen molar-refractivity contribution in [3.05, 3.63) is 36.0 Å². The number of nitrogens with two attached hydrogens (primary N) is 1. The third-order valence-corrected chi connectivity index (χ3v) is 2.49. The predicted molar refractivity (Wildman–Crippen MR) is 62.5 cm³/mol. The molecule has 1 aromatic heterocycles. The number of hydrogen-bond acceptors (Lipinski definition) is 2. The summed E-state index contributed by atoms with van der Waals surface area (Å²) in [5.41, 5.74) is 9.89. The number of rotatable bonds is 2. The van der Waals surface area contributed by atoms with E-state index in [1.807, 2.05) is 30.5 Å². The molecule has 1 heterocycles. The number of hydrogen-bond donors (Lipinski definition) is 2. The van der Waals surface area contributed by atoms with Crippen LogP contribution >= 0.6 is 0 Å². The second kappa shape index (κ2) is 3.77. The first-order valence-corrected chi connectivity index (χ1v) is 5.07. The van der Waals surface area contributed by atoms with Crippen LogP contribution in [0.25, 0.3) is 11.3 Å². The summed E-state index contributed by atoms with van der Waals surface area (Å²) in [5.74, 6) is 0.469. The van der Waals surface area contributed by atoms with Gasteiger partial charge < -0.3 is 5.73 Å². The van der Waals surface area contributed by atoms with Crippen LogP contribution in [0, 0.1) is 0 Å². The Morgan fingerprint density at radius 3 is 2.47 bits per heavy atom. The van der Waals surface area contributed by atoms with Gasteiger partial charge in [0.25, 0.3) is 0 Å². The molecule has 0 atom stereocenters. The molecule has 0 fully saturated rings. The zero-order chi connectivity index (χ0) is 10.8. The van der Waals surface area contributed by atoms with Crippen LogP contribution in [-0.4, -0.2) is 10.2 Å². The predicted octanol–water partition coefficient (Wildman–Crippen LogP) is 2.78. The van der Waals surface area contributed by atoms with Gasteiger partial charge in [-0.25, -0.2) is 0 Å². The quantitative estimate of drug-likeness (QED) is 0.734. The highest BCUT2D eigenvalue weighted by Crippen LogP contribution is 2.27. The van der Waals surface area contributed by atoms with E-state index in [4.69, 9.17) is 5.73 Å². The Bertz CT molecular complexity index is 440. The number of anilines is 1. The van der Waals surface area contributed by atoms with Gasteiger partial charge in [0.2, 0.25) is 0 Å². The van der Waals surface area contributed by atoms with Crippen LogP contribution in [0.3, 0.4) is 0 Å². The summed E-state index contributed by atoms with van der Waals surface area (Å²) in [5, 5.41) is 7.12. The maximum absolute atomic E-state index is 5.65. The van der Waals surface area contributed by atoms with Crippen LogP contribution in [0.2, 0.25) is 0 Å². The summed E-state index contributed by atoms with van der Waals surface area (Å²) in [4.78, 5) is 0. The normalized spacial score (nSPS) is 10.9. The second-order valence-electron chi connectivity index (χ2n) is 3.98. The van der Waals surface area contributed by atoms with Gasteiger partial charge in [0.15, 0.2) is 0 Å². The van der Waals surface area contributed by atoms with E-state index < -0.39 is 0 Å². The molecule has 0 amide bonds. The highest BCUT2D eigenvalue weighted by Gasteiger charge is 2.10. The highest BCUT2D eigenvalue weighted by molar-refractivity contribution is 5.65. The van der Waals surface area contributed by atoms with Gasteiger partial charge >= 0.3 is 0 Å². The van der Waals surface area contributed by atoms with Crippen LogP contribution in [-0.2, 0) is 0 Å². The Kier molecular flexibility index (Phi) is 2.46. The molecule has 0 saturated carbocycles. The minimum atomic E-state index is 0.469. The summed E-state index contributed by atoms with van der Waals surface area (Å²) in [6, 6.07) is 7.82.